The van der Waals surface area contributed by atoms with E-state index in [-0.39, 0.29) is 0 Å². The molecule has 1 rings (SSSR count). The largest absolute Gasteiger partial charge is 0.0654 e. The average Bonchev–Trinajstić information content (AvgIpc) is 2.44. The first-order valence-electron chi connectivity index (χ1n) is 8.43. The van der Waals surface area contributed by atoms with Crippen molar-refractivity contribution >= 4 is 0 Å². The molecule has 19 heavy (non-hydrogen) atoms. The Labute approximate surface area is 120 Å². The van der Waals surface area contributed by atoms with E-state index in [2.05, 4.69) is 39.0 Å². The predicted octanol–water partition coefficient (Wildman–Crippen LogP) is 6.10. The van der Waals surface area contributed by atoms with Crippen LogP contribution in [0.5, 0.6) is 0 Å². The van der Waals surface area contributed by atoms with Gasteiger partial charge in [0.25, 0.3) is 0 Å². The van der Waals surface area contributed by atoms with Crippen LogP contribution in [0.15, 0.2) is 18.2 Å². The molecule has 0 aliphatic rings. The molecule has 0 nitrogen and oxygen atoms in total. The van der Waals surface area contributed by atoms with Crippen molar-refractivity contribution < 1.29 is 0 Å². The quantitative estimate of drug-likeness (QED) is 0.446. The minimum atomic E-state index is 1.27. The topological polar surface area (TPSA) is 0 Å². The predicted molar refractivity (Wildman–Crippen MR) is 86.9 cm³/mol. The van der Waals surface area contributed by atoms with Crippen LogP contribution in [-0.2, 0) is 19.3 Å². The van der Waals surface area contributed by atoms with Gasteiger partial charge < -0.3 is 0 Å². The highest BCUT2D eigenvalue weighted by atomic mass is 14.1. The molecule has 0 aliphatic carbocycles. The first-order chi connectivity index (χ1) is 9.33. The van der Waals surface area contributed by atoms with E-state index >= 15 is 0 Å². The Kier molecular flexibility index (Phi) is 8.62. The smallest absolute Gasteiger partial charge is 0.0274 e. The van der Waals surface area contributed by atoms with E-state index in [1.807, 2.05) is 0 Å². The zero-order valence-corrected chi connectivity index (χ0v) is 13.3. The molecular formula is C19H32. The van der Waals surface area contributed by atoms with E-state index in [0.29, 0.717) is 0 Å². The Morgan fingerprint density at radius 3 is 1.74 bits per heavy atom. The van der Waals surface area contributed by atoms with Crippen LogP contribution in [0.2, 0.25) is 0 Å². The number of hydrogen-bond donors (Lipinski definition) is 0. The van der Waals surface area contributed by atoms with Gasteiger partial charge in [0.15, 0.2) is 0 Å². The van der Waals surface area contributed by atoms with Crippen molar-refractivity contribution in [2.24, 2.45) is 0 Å². The van der Waals surface area contributed by atoms with Gasteiger partial charge in [-0.05, 0) is 55.2 Å². The molecule has 0 saturated carbocycles. The molecule has 0 fully saturated rings. The van der Waals surface area contributed by atoms with Gasteiger partial charge in [-0.1, -0.05) is 64.7 Å². The van der Waals surface area contributed by atoms with Gasteiger partial charge >= 0.3 is 0 Å². The van der Waals surface area contributed by atoms with Crippen LogP contribution in [0.4, 0.5) is 0 Å². The minimum absolute atomic E-state index is 1.27. The fourth-order valence-electron chi connectivity index (χ4n) is 2.76. The summed E-state index contributed by atoms with van der Waals surface area (Å²) in [7, 11) is 0. The average molecular weight is 260 g/mol. The molecule has 0 spiro atoms. The van der Waals surface area contributed by atoms with E-state index < -0.39 is 0 Å². The lowest BCUT2D eigenvalue weighted by Gasteiger charge is -2.15. The maximum Gasteiger partial charge on any atom is -0.0274 e. The second-order valence-corrected chi connectivity index (χ2v) is 5.72. The number of benzene rings is 1. The molecule has 0 aromatic heterocycles. The summed E-state index contributed by atoms with van der Waals surface area (Å²) in [6.45, 7) is 6.87. The number of hydrogen-bond acceptors (Lipinski definition) is 0. The molecule has 108 valence electrons. The Morgan fingerprint density at radius 2 is 1.16 bits per heavy atom. The van der Waals surface area contributed by atoms with Gasteiger partial charge in [-0.3, -0.25) is 0 Å². The number of rotatable bonds is 10. The molecule has 0 N–H and O–H groups in total. The molecule has 1 aromatic rings. The fourth-order valence-corrected chi connectivity index (χ4v) is 2.76. The molecular weight excluding hydrogens is 228 g/mol. The first kappa shape index (κ1) is 16.3. The molecule has 0 radical (unpaired) electrons. The Bertz CT molecular complexity index is 338. The van der Waals surface area contributed by atoms with Gasteiger partial charge in [-0.25, -0.2) is 0 Å². The van der Waals surface area contributed by atoms with Crippen LogP contribution in [0, 0.1) is 0 Å². The molecule has 0 atom stereocenters. The fraction of sp³-hybridized carbons (Fsp3) is 0.684. The highest BCUT2D eigenvalue weighted by molar-refractivity contribution is 5.36. The molecule has 0 amide bonds. The second-order valence-electron chi connectivity index (χ2n) is 5.72. The van der Waals surface area contributed by atoms with Crippen molar-refractivity contribution in [1.29, 1.82) is 0 Å². The summed E-state index contributed by atoms with van der Waals surface area (Å²) in [5, 5.41) is 0. The summed E-state index contributed by atoms with van der Waals surface area (Å²) < 4.78 is 0. The van der Waals surface area contributed by atoms with Crippen molar-refractivity contribution in [2.45, 2.75) is 85.0 Å². The van der Waals surface area contributed by atoms with Crippen molar-refractivity contribution in [3.63, 3.8) is 0 Å². The summed E-state index contributed by atoms with van der Waals surface area (Å²) in [5.41, 5.74) is 4.95. The summed E-state index contributed by atoms with van der Waals surface area (Å²) in [4.78, 5) is 0. The van der Waals surface area contributed by atoms with E-state index in [1.165, 1.54) is 64.2 Å². The van der Waals surface area contributed by atoms with Gasteiger partial charge in [-0.2, -0.15) is 0 Å². The lowest BCUT2D eigenvalue weighted by atomic mass is 9.91. The Balaban J connectivity index is 2.79. The van der Waals surface area contributed by atoms with E-state index in [9.17, 15) is 0 Å². The second kappa shape index (κ2) is 10.1. The van der Waals surface area contributed by atoms with Crippen LogP contribution < -0.4 is 0 Å². The van der Waals surface area contributed by atoms with Crippen LogP contribution in [-0.4, -0.2) is 0 Å². The van der Waals surface area contributed by atoms with Crippen LogP contribution in [0.25, 0.3) is 0 Å². The van der Waals surface area contributed by atoms with Gasteiger partial charge in [-0.15, -0.1) is 0 Å². The highest BCUT2D eigenvalue weighted by Crippen LogP contribution is 2.21. The molecule has 0 heterocycles. The minimum Gasteiger partial charge on any atom is -0.0654 e. The SMILES string of the molecule is CCCCCc1cccc(CCCC)c1CCCC. The zero-order chi connectivity index (χ0) is 13.9. The van der Waals surface area contributed by atoms with Crippen molar-refractivity contribution in [3.05, 3.63) is 34.9 Å². The highest BCUT2D eigenvalue weighted by Gasteiger charge is 2.07. The monoisotopic (exact) mass is 260 g/mol. The number of unbranched alkanes of at least 4 members (excludes halogenated alkanes) is 4. The lowest BCUT2D eigenvalue weighted by molar-refractivity contribution is 0.701. The van der Waals surface area contributed by atoms with Gasteiger partial charge in [0.1, 0.15) is 0 Å². The maximum absolute atomic E-state index is 2.37. The molecule has 0 aliphatic heterocycles. The summed E-state index contributed by atoms with van der Waals surface area (Å²) in [6.07, 6.45) is 13.2. The third-order valence-corrected chi connectivity index (χ3v) is 4.00. The van der Waals surface area contributed by atoms with E-state index in [1.54, 1.807) is 16.7 Å². The third-order valence-electron chi connectivity index (χ3n) is 4.00. The molecule has 0 saturated heterocycles. The Hall–Kier alpha value is -0.780. The van der Waals surface area contributed by atoms with Gasteiger partial charge in [0.2, 0.25) is 0 Å². The van der Waals surface area contributed by atoms with Crippen molar-refractivity contribution in [1.82, 2.24) is 0 Å². The van der Waals surface area contributed by atoms with Crippen LogP contribution in [0.1, 0.15) is 82.4 Å². The maximum atomic E-state index is 2.37. The van der Waals surface area contributed by atoms with Gasteiger partial charge in [0.05, 0.1) is 0 Å². The van der Waals surface area contributed by atoms with Gasteiger partial charge in [0, 0.05) is 0 Å². The third kappa shape index (κ3) is 5.80. The normalized spacial score (nSPS) is 10.9. The van der Waals surface area contributed by atoms with Crippen molar-refractivity contribution in [2.75, 3.05) is 0 Å². The molecule has 0 unspecified atom stereocenters. The molecule has 0 heteroatoms. The first-order valence-corrected chi connectivity index (χ1v) is 8.43. The Morgan fingerprint density at radius 1 is 0.632 bits per heavy atom. The summed E-state index contributed by atoms with van der Waals surface area (Å²) >= 11 is 0. The van der Waals surface area contributed by atoms with Crippen molar-refractivity contribution in [3.8, 4) is 0 Å². The van der Waals surface area contributed by atoms with Crippen LogP contribution in [0.3, 0.4) is 0 Å². The summed E-state index contributed by atoms with van der Waals surface area (Å²) in [5.74, 6) is 0. The van der Waals surface area contributed by atoms with Crippen LogP contribution >= 0.6 is 0 Å². The lowest BCUT2D eigenvalue weighted by Crippen LogP contribution is -2.01. The van der Waals surface area contributed by atoms with E-state index in [0.717, 1.165) is 0 Å². The number of aryl methyl sites for hydroxylation is 2. The summed E-state index contributed by atoms with van der Waals surface area (Å²) in [6, 6.07) is 7.02. The molecule has 1 aromatic carbocycles. The molecule has 0 bridgehead atoms. The van der Waals surface area contributed by atoms with E-state index in [4.69, 9.17) is 0 Å². The standard InChI is InChI=1S/C19H32/c1-4-7-10-13-18-15-11-14-17(12-8-5-2)19(18)16-9-6-3/h11,14-15H,4-10,12-13,16H2,1-3H3. The zero-order valence-electron chi connectivity index (χ0n) is 13.3.